The van der Waals surface area contributed by atoms with Crippen LogP contribution in [0.2, 0.25) is 0 Å². The summed E-state index contributed by atoms with van der Waals surface area (Å²) in [5, 5.41) is 13.0. The number of aryl methyl sites for hydroxylation is 1. The normalized spacial score (nSPS) is 10.3. The van der Waals surface area contributed by atoms with Gasteiger partial charge in [0.15, 0.2) is 11.5 Å². The number of nitrogens with one attached hydrogen (secondary N) is 1. The monoisotopic (exact) mass is 335 g/mol. The zero-order valence-corrected chi connectivity index (χ0v) is 13.2. The Morgan fingerprint density at radius 3 is 2.70 bits per heavy atom. The molecule has 0 spiro atoms. The second kappa shape index (κ2) is 6.66. The first kappa shape index (κ1) is 14.7. The van der Waals surface area contributed by atoms with Crippen LogP contribution in [0.3, 0.4) is 0 Å². The Kier molecular flexibility index (Phi) is 4.90. The topological polar surface area (TPSA) is 41.5 Å². The van der Waals surface area contributed by atoms with Crippen molar-refractivity contribution in [2.75, 3.05) is 12.4 Å². The molecule has 2 aromatic rings. The van der Waals surface area contributed by atoms with Gasteiger partial charge in [-0.25, -0.2) is 0 Å². The molecule has 20 heavy (non-hydrogen) atoms. The van der Waals surface area contributed by atoms with Gasteiger partial charge >= 0.3 is 0 Å². The van der Waals surface area contributed by atoms with Gasteiger partial charge in [-0.3, -0.25) is 0 Å². The molecule has 0 unspecified atom stereocenters. The van der Waals surface area contributed by atoms with Crippen molar-refractivity contribution < 1.29 is 9.84 Å². The zero-order valence-electron chi connectivity index (χ0n) is 11.6. The van der Waals surface area contributed by atoms with Gasteiger partial charge in [-0.2, -0.15) is 0 Å². The van der Waals surface area contributed by atoms with Gasteiger partial charge in [0, 0.05) is 16.7 Å². The molecule has 2 aromatic carbocycles. The third-order valence-corrected chi connectivity index (χ3v) is 3.67. The highest BCUT2D eigenvalue weighted by Gasteiger charge is 2.04. The van der Waals surface area contributed by atoms with E-state index >= 15 is 0 Å². The van der Waals surface area contributed by atoms with E-state index in [1.807, 2.05) is 18.2 Å². The van der Waals surface area contributed by atoms with Crippen molar-refractivity contribution in [3.63, 3.8) is 0 Å². The van der Waals surface area contributed by atoms with Gasteiger partial charge in [-0.1, -0.05) is 28.9 Å². The van der Waals surface area contributed by atoms with Crippen LogP contribution in [0, 0.1) is 0 Å². The van der Waals surface area contributed by atoms with Crippen molar-refractivity contribution in [2.24, 2.45) is 0 Å². The van der Waals surface area contributed by atoms with Crippen LogP contribution < -0.4 is 10.1 Å². The number of anilines is 1. The predicted octanol–water partition coefficient (Wildman–Crippen LogP) is 4.34. The van der Waals surface area contributed by atoms with E-state index in [4.69, 9.17) is 4.74 Å². The zero-order chi connectivity index (χ0) is 14.5. The average Bonchev–Trinajstić information content (AvgIpc) is 2.47. The summed E-state index contributed by atoms with van der Waals surface area (Å²) in [5.41, 5.74) is 3.46. The molecule has 0 heterocycles. The minimum atomic E-state index is 0.161. The van der Waals surface area contributed by atoms with Crippen LogP contribution in [0.1, 0.15) is 18.1 Å². The Morgan fingerprint density at radius 2 is 2.00 bits per heavy atom. The van der Waals surface area contributed by atoms with E-state index in [-0.39, 0.29) is 5.75 Å². The van der Waals surface area contributed by atoms with Crippen LogP contribution in [0.5, 0.6) is 11.5 Å². The number of ether oxygens (including phenoxy) is 1. The smallest absolute Gasteiger partial charge is 0.160 e. The lowest BCUT2D eigenvalue weighted by Gasteiger charge is -2.12. The number of phenols is 1. The largest absolute Gasteiger partial charge is 0.504 e. The van der Waals surface area contributed by atoms with Crippen LogP contribution in [-0.2, 0) is 13.0 Å². The highest BCUT2D eigenvalue weighted by atomic mass is 79.9. The van der Waals surface area contributed by atoms with E-state index < -0.39 is 0 Å². The number of methoxy groups -OCH3 is 1. The molecule has 0 aliphatic heterocycles. The molecule has 0 aliphatic carbocycles. The van der Waals surface area contributed by atoms with Crippen LogP contribution >= 0.6 is 15.9 Å². The standard InChI is InChI=1S/C16H18BrNO2/c1-3-12-9-13(17)5-6-14(12)18-10-11-4-7-15(19)16(8-11)20-2/h4-9,18-19H,3,10H2,1-2H3. The summed E-state index contributed by atoms with van der Waals surface area (Å²) in [6, 6.07) is 11.6. The summed E-state index contributed by atoms with van der Waals surface area (Å²) in [5.74, 6) is 0.657. The Labute approximate surface area is 127 Å². The molecular weight excluding hydrogens is 318 g/mol. The van der Waals surface area contributed by atoms with Crippen molar-refractivity contribution in [3.8, 4) is 11.5 Å². The summed E-state index contributed by atoms with van der Waals surface area (Å²) in [6.07, 6.45) is 0.973. The first-order valence-corrected chi connectivity index (χ1v) is 7.31. The van der Waals surface area contributed by atoms with E-state index in [2.05, 4.69) is 40.3 Å². The SMILES string of the molecule is CCc1cc(Br)ccc1NCc1ccc(O)c(OC)c1. The van der Waals surface area contributed by atoms with Crippen LogP contribution in [-0.4, -0.2) is 12.2 Å². The van der Waals surface area contributed by atoms with E-state index in [0.717, 1.165) is 22.1 Å². The van der Waals surface area contributed by atoms with E-state index in [0.29, 0.717) is 12.3 Å². The third-order valence-electron chi connectivity index (χ3n) is 3.18. The number of phenolic OH excluding ortho intramolecular Hbond substituents is 1. The Balaban J connectivity index is 2.12. The fraction of sp³-hybridized carbons (Fsp3) is 0.250. The minimum absolute atomic E-state index is 0.161. The van der Waals surface area contributed by atoms with Crippen molar-refractivity contribution in [3.05, 3.63) is 52.0 Å². The molecular formula is C16H18BrNO2. The van der Waals surface area contributed by atoms with Crippen molar-refractivity contribution in [2.45, 2.75) is 19.9 Å². The van der Waals surface area contributed by atoms with Crippen molar-refractivity contribution in [1.82, 2.24) is 0 Å². The minimum Gasteiger partial charge on any atom is -0.504 e. The molecule has 0 aliphatic rings. The molecule has 0 radical (unpaired) electrons. The third kappa shape index (κ3) is 3.45. The number of benzene rings is 2. The summed E-state index contributed by atoms with van der Waals surface area (Å²) in [7, 11) is 1.55. The highest BCUT2D eigenvalue weighted by Crippen LogP contribution is 2.27. The number of halogens is 1. The maximum atomic E-state index is 9.58. The molecule has 4 heteroatoms. The maximum absolute atomic E-state index is 9.58. The average molecular weight is 336 g/mol. The predicted molar refractivity (Wildman–Crippen MR) is 85.5 cm³/mol. The Morgan fingerprint density at radius 1 is 1.20 bits per heavy atom. The summed E-state index contributed by atoms with van der Waals surface area (Å²) < 4.78 is 6.20. The maximum Gasteiger partial charge on any atom is 0.160 e. The Bertz CT molecular complexity index is 599. The summed E-state index contributed by atoms with van der Waals surface area (Å²) in [6.45, 7) is 2.82. The van der Waals surface area contributed by atoms with Gasteiger partial charge in [0.25, 0.3) is 0 Å². The quantitative estimate of drug-likeness (QED) is 0.854. The molecule has 0 atom stereocenters. The van der Waals surface area contributed by atoms with Gasteiger partial charge in [0.05, 0.1) is 7.11 Å². The van der Waals surface area contributed by atoms with E-state index in [1.165, 1.54) is 5.56 Å². The van der Waals surface area contributed by atoms with Gasteiger partial charge in [-0.15, -0.1) is 0 Å². The number of aromatic hydroxyl groups is 1. The molecule has 0 fully saturated rings. The van der Waals surface area contributed by atoms with Gasteiger partial charge < -0.3 is 15.2 Å². The molecule has 0 aromatic heterocycles. The van der Waals surface area contributed by atoms with Crippen molar-refractivity contribution >= 4 is 21.6 Å². The number of hydrogen-bond acceptors (Lipinski definition) is 3. The molecule has 0 amide bonds. The fourth-order valence-corrected chi connectivity index (χ4v) is 2.47. The van der Waals surface area contributed by atoms with Crippen LogP contribution in [0.25, 0.3) is 0 Å². The molecule has 0 saturated heterocycles. The molecule has 0 saturated carbocycles. The molecule has 0 bridgehead atoms. The van der Waals surface area contributed by atoms with Crippen LogP contribution in [0.15, 0.2) is 40.9 Å². The van der Waals surface area contributed by atoms with Gasteiger partial charge in [0.1, 0.15) is 0 Å². The second-order valence-corrected chi connectivity index (χ2v) is 5.43. The fourth-order valence-electron chi connectivity index (χ4n) is 2.06. The van der Waals surface area contributed by atoms with Crippen molar-refractivity contribution in [1.29, 1.82) is 0 Å². The van der Waals surface area contributed by atoms with Gasteiger partial charge in [-0.05, 0) is 47.9 Å². The van der Waals surface area contributed by atoms with E-state index in [9.17, 15) is 5.11 Å². The number of rotatable bonds is 5. The lowest BCUT2D eigenvalue weighted by molar-refractivity contribution is 0.373. The lowest BCUT2D eigenvalue weighted by atomic mass is 10.1. The first-order valence-electron chi connectivity index (χ1n) is 6.52. The first-order chi connectivity index (χ1) is 9.63. The lowest BCUT2D eigenvalue weighted by Crippen LogP contribution is -2.02. The molecule has 3 nitrogen and oxygen atoms in total. The summed E-state index contributed by atoms with van der Waals surface area (Å²) in [4.78, 5) is 0. The summed E-state index contributed by atoms with van der Waals surface area (Å²) >= 11 is 3.49. The van der Waals surface area contributed by atoms with E-state index in [1.54, 1.807) is 13.2 Å². The number of hydrogen-bond donors (Lipinski definition) is 2. The molecule has 2 rings (SSSR count). The second-order valence-electron chi connectivity index (χ2n) is 4.51. The van der Waals surface area contributed by atoms with Gasteiger partial charge in [0.2, 0.25) is 0 Å². The molecule has 2 N–H and O–H groups in total. The van der Waals surface area contributed by atoms with Crippen LogP contribution in [0.4, 0.5) is 5.69 Å². The Hall–Kier alpha value is -1.68. The molecule has 106 valence electrons. The highest BCUT2D eigenvalue weighted by molar-refractivity contribution is 9.10.